The normalized spacial score (nSPS) is 11.2. The van der Waals surface area contributed by atoms with E-state index in [1.54, 1.807) is 12.1 Å². The van der Waals surface area contributed by atoms with Gasteiger partial charge in [-0.15, -0.1) is 0 Å². The maximum absolute atomic E-state index is 11.8. The summed E-state index contributed by atoms with van der Waals surface area (Å²) in [6.45, 7) is 4.74. The molecule has 0 spiro atoms. The molecule has 0 aliphatic carbocycles. The van der Waals surface area contributed by atoms with E-state index in [2.05, 4.69) is 37.0 Å². The molecule has 0 fully saturated rings. The number of aromatic nitrogens is 1. The lowest BCUT2D eigenvalue weighted by atomic mass is 9.96. The van der Waals surface area contributed by atoms with Gasteiger partial charge in [-0.2, -0.15) is 0 Å². The van der Waals surface area contributed by atoms with Crippen LogP contribution in [0.15, 0.2) is 30.3 Å². The highest BCUT2D eigenvalue weighted by molar-refractivity contribution is 6.36. The lowest BCUT2D eigenvalue weighted by Gasteiger charge is -2.08. The van der Waals surface area contributed by atoms with Crippen molar-refractivity contribution < 1.29 is 9.90 Å². The first kappa shape index (κ1) is 18.5. The maximum Gasteiger partial charge on any atom is 0.336 e. The lowest BCUT2D eigenvalue weighted by Crippen LogP contribution is -2.01. The maximum atomic E-state index is 11.8. The average Bonchev–Trinajstić information content (AvgIpc) is 2.95. The molecule has 1 aromatic heterocycles. The van der Waals surface area contributed by atoms with Crippen molar-refractivity contribution in [2.45, 2.75) is 33.1 Å². The van der Waals surface area contributed by atoms with Gasteiger partial charge in [0.05, 0.1) is 16.1 Å². The zero-order valence-corrected chi connectivity index (χ0v) is 15.8. The van der Waals surface area contributed by atoms with E-state index in [4.69, 9.17) is 17.3 Å². The number of aromatic amines is 1. The molecule has 0 aliphatic heterocycles. The van der Waals surface area contributed by atoms with Gasteiger partial charge in [-0.3, -0.25) is 0 Å². The smallest absolute Gasteiger partial charge is 0.336 e. The van der Waals surface area contributed by atoms with Gasteiger partial charge in [0.1, 0.15) is 0 Å². The van der Waals surface area contributed by atoms with E-state index < -0.39 is 5.97 Å². The van der Waals surface area contributed by atoms with Crippen LogP contribution in [0.5, 0.6) is 0 Å². The number of carboxylic acids is 1. The number of nitrogens with two attached hydrogens (primary N) is 1. The molecule has 2 aromatic carbocycles. The summed E-state index contributed by atoms with van der Waals surface area (Å²) < 4.78 is 0. The van der Waals surface area contributed by atoms with Crippen LogP contribution in [-0.4, -0.2) is 22.6 Å². The number of H-pyrrole nitrogens is 1. The Morgan fingerprint density at radius 3 is 2.46 bits per heavy atom. The van der Waals surface area contributed by atoms with Crippen molar-refractivity contribution in [1.82, 2.24) is 4.98 Å². The monoisotopic (exact) mass is 370 g/mol. The molecule has 0 atom stereocenters. The molecule has 4 N–H and O–H groups in total. The van der Waals surface area contributed by atoms with Crippen molar-refractivity contribution in [2.24, 2.45) is 5.73 Å². The summed E-state index contributed by atoms with van der Waals surface area (Å²) in [6, 6.07) is 9.56. The standard InChI is InChI=1S/C21H23ClN2O2/c1-12-9-13(2)11-14(10-12)19-15(5-3-4-8-23)18-16(21(25)26)6-7-17(22)20(18)24-19/h6-7,9-11,24H,3-5,8,23H2,1-2H3,(H,25,26). The van der Waals surface area contributed by atoms with Crippen LogP contribution >= 0.6 is 11.6 Å². The average molecular weight is 371 g/mol. The highest BCUT2D eigenvalue weighted by Gasteiger charge is 2.21. The van der Waals surface area contributed by atoms with Crippen molar-refractivity contribution in [3.8, 4) is 11.3 Å². The van der Waals surface area contributed by atoms with Gasteiger partial charge in [0.2, 0.25) is 0 Å². The molecular weight excluding hydrogens is 348 g/mol. The second kappa shape index (κ2) is 7.52. The summed E-state index contributed by atoms with van der Waals surface area (Å²) in [5.41, 5.74) is 11.9. The summed E-state index contributed by atoms with van der Waals surface area (Å²) in [5, 5.41) is 10.9. The van der Waals surface area contributed by atoms with Crippen molar-refractivity contribution >= 4 is 28.5 Å². The number of carbonyl (C=O) groups is 1. The third-order valence-corrected chi connectivity index (χ3v) is 4.94. The van der Waals surface area contributed by atoms with Crippen LogP contribution < -0.4 is 5.73 Å². The zero-order chi connectivity index (χ0) is 18.8. The molecule has 4 nitrogen and oxygen atoms in total. The number of hydrogen-bond acceptors (Lipinski definition) is 2. The summed E-state index contributed by atoms with van der Waals surface area (Å²) in [7, 11) is 0. The van der Waals surface area contributed by atoms with Gasteiger partial charge in [-0.05, 0) is 75.0 Å². The lowest BCUT2D eigenvalue weighted by molar-refractivity contribution is 0.0699. The van der Waals surface area contributed by atoms with Crippen LogP contribution in [0.25, 0.3) is 22.2 Å². The Morgan fingerprint density at radius 2 is 1.85 bits per heavy atom. The van der Waals surface area contributed by atoms with Gasteiger partial charge < -0.3 is 15.8 Å². The minimum Gasteiger partial charge on any atom is -0.478 e. The van der Waals surface area contributed by atoms with E-state index in [9.17, 15) is 9.90 Å². The molecule has 0 aliphatic rings. The molecule has 3 rings (SSSR count). The molecule has 1 heterocycles. The fourth-order valence-electron chi connectivity index (χ4n) is 3.58. The summed E-state index contributed by atoms with van der Waals surface area (Å²) in [4.78, 5) is 15.2. The highest BCUT2D eigenvalue weighted by Crippen LogP contribution is 2.37. The number of halogens is 1. The highest BCUT2D eigenvalue weighted by atomic mass is 35.5. The van der Waals surface area contributed by atoms with Gasteiger partial charge in [-0.1, -0.05) is 28.8 Å². The van der Waals surface area contributed by atoms with Gasteiger partial charge in [0.15, 0.2) is 0 Å². The largest absolute Gasteiger partial charge is 0.478 e. The predicted octanol–water partition coefficient (Wildman–Crippen LogP) is 5.08. The summed E-state index contributed by atoms with van der Waals surface area (Å²) in [5.74, 6) is -0.947. The molecule has 0 saturated heterocycles. The molecule has 0 amide bonds. The second-order valence-corrected chi connectivity index (χ2v) is 7.16. The molecule has 0 saturated carbocycles. The van der Waals surface area contributed by atoms with Crippen LogP contribution in [0.1, 0.15) is 39.9 Å². The SMILES string of the molecule is Cc1cc(C)cc(-c2[nH]c3c(Cl)ccc(C(=O)O)c3c2CCCCN)c1. The van der Waals surface area contributed by atoms with E-state index in [1.165, 1.54) is 0 Å². The van der Waals surface area contributed by atoms with E-state index >= 15 is 0 Å². The van der Waals surface area contributed by atoms with Gasteiger partial charge in [0.25, 0.3) is 0 Å². The van der Waals surface area contributed by atoms with Gasteiger partial charge in [-0.25, -0.2) is 4.79 Å². The first-order valence-electron chi connectivity index (χ1n) is 8.77. The molecule has 5 heteroatoms. The Kier molecular flexibility index (Phi) is 5.35. The van der Waals surface area contributed by atoms with Crippen molar-refractivity contribution in [2.75, 3.05) is 6.54 Å². The van der Waals surface area contributed by atoms with E-state index in [1.807, 2.05) is 0 Å². The Hall–Kier alpha value is -2.30. The number of nitrogens with one attached hydrogen (secondary N) is 1. The number of unbranched alkanes of at least 4 members (excludes halogenated alkanes) is 1. The topological polar surface area (TPSA) is 79.1 Å². The van der Waals surface area contributed by atoms with Crippen molar-refractivity contribution in [1.29, 1.82) is 0 Å². The minimum absolute atomic E-state index is 0.277. The third-order valence-electron chi connectivity index (χ3n) is 4.63. The van der Waals surface area contributed by atoms with Crippen LogP contribution in [-0.2, 0) is 6.42 Å². The van der Waals surface area contributed by atoms with Crippen LogP contribution in [0.2, 0.25) is 5.02 Å². The molecule has 0 unspecified atom stereocenters. The quantitative estimate of drug-likeness (QED) is 0.529. The minimum atomic E-state index is -0.947. The van der Waals surface area contributed by atoms with E-state index in [0.717, 1.165) is 47.2 Å². The second-order valence-electron chi connectivity index (χ2n) is 6.75. The molecule has 3 aromatic rings. The Balaban J connectivity index is 2.30. The molecule has 136 valence electrons. The Morgan fingerprint density at radius 1 is 1.15 bits per heavy atom. The van der Waals surface area contributed by atoms with Crippen LogP contribution in [0.3, 0.4) is 0 Å². The summed E-state index contributed by atoms with van der Waals surface area (Å²) >= 11 is 6.39. The Labute approximate surface area is 158 Å². The molecule has 0 bridgehead atoms. The number of aromatic carboxylic acids is 1. The number of benzene rings is 2. The first-order valence-corrected chi connectivity index (χ1v) is 9.15. The van der Waals surface area contributed by atoms with Crippen LogP contribution in [0.4, 0.5) is 0 Å². The predicted molar refractivity (Wildman–Crippen MR) is 107 cm³/mol. The molecule has 26 heavy (non-hydrogen) atoms. The van der Waals surface area contributed by atoms with E-state index in [0.29, 0.717) is 22.5 Å². The van der Waals surface area contributed by atoms with Crippen LogP contribution in [0, 0.1) is 13.8 Å². The first-order chi connectivity index (χ1) is 12.4. The Bertz CT molecular complexity index is 956. The number of rotatable bonds is 6. The van der Waals surface area contributed by atoms with Gasteiger partial charge in [0, 0.05) is 11.1 Å². The van der Waals surface area contributed by atoms with E-state index in [-0.39, 0.29) is 5.56 Å². The number of carboxylic acid groups (broad SMARTS) is 1. The van der Waals surface area contributed by atoms with Gasteiger partial charge >= 0.3 is 5.97 Å². The number of hydrogen-bond donors (Lipinski definition) is 3. The fourth-order valence-corrected chi connectivity index (χ4v) is 3.78. The number of fused-ring (bicyclic) bond motifs is 1. The number of aryl methyl sites for hydroxylation is 3. The fraction of sp³-hybridized carbons (Fsp3) is 0.286. The van der Waals surface area contributed by atoms with Crippen molar-refractivity contribution in [3.63, 3.8) is 0 Å². The molecular formula is C21H23ClN2O2. The molecule has 0 radical (unpaired) electrons. The zero-order valence-electron chi connectivity index (χ0n) is 15.0. The third kappa shape index (κ3) is 3.48. The summed E-state index contributed by atoms with van der Waals surface area (Å²) in [6.07, 6.45) is 2.54. The van der Waals surface area contributed by atoms with Crippen molar-refractivity contribution in [3.05, 3.63) is 57.6 Å².